The molecule has 0 heterocycles. The standard InChI is InChI=1S/C26H37NO2/c1-3-5-23(26-14-17-10-18(15-26)12-19(11-17)16-26)25(28)27-21-9-8-20-6-4-7-24(29-2)22(20)13-21/h4,6-7,17-19,21,23H,3,5,8-16H2,1-2H3,(H,27,28). The number of amides is 1. The number of nitrogens with one attached hydrogen (secondary N) is 1. The lowest BCUT2D eigenvalue weighted by atomic mass is 9.46. The maximum absolute atomic E-state index is 13.6. The normalized spacial score (nSPS) is 35.8. The monoisotopic (exact) mass is 395 g/mol. The number of hydrogen-bond acceptors (Lipinski definition) is 2. The van der Waals surface area contributed by atoms with E-state index in [2.05, 4.69) is 30.4 Å². The molecule has 5 aliphatic rings. The van der Waals surface area contributed by atoms with Crippen molar-refractivity contribution in [2.45, 2.75) is 83.6 Å². The molecule has 0 spiro atoms. The van der Waals surface area contributed by atoms with Crippen LogP contribution < -0.4 is 10.1 Å². The summed E-state index contributed by atoms with van der Waals surface area (Å²) in [6, 6.07) is 6.60. The van der Waals surface area contributed by atoms with Gasteiger partial charge in [0.05, 0.1) is 7.11 Å². The average molecular weight is 396 g/mol. The highest BCUT2D eigenvalue weighted by Crippen LogP contribution is 2.63. The Bertz CT molecular complexity index is 720. The molecule has 4 saturated carbocycles. The molecular formula is C26H37NO2. The van der Waals surface area contributed by atoms with E-state index in [1.165, 1.54) is 49.7 Å². The van der Waals surface area contributed by atoms with E-state index in [0.717, 1.165) is 55.6 Å². The molecule has 6 rings (SSSR count). The van der Waals surface area contributed by atoms with Crippen LogP contribution in [0.15, 0.2) is 18.2 Å². The van der Waals surface area contributed by atoms with Crippen molar-refractivity contribution >= 4 is 5.91 Å². The quantitative estimate of drug-likeness (QED) is 0.710. The van der Waals surface area contributed by atoms with Gasteiger partial charge in [-0.1, -0.05) is 25.5 Å². The maximum atomic E-state index is 13.6. The molecular weight excluding hydrogens is 358 g/mol. The second-order valence-electron chi connectivity index (χ2n) is 10.7. The summed E-state index contributed by atoms with van der Waals surface area (Å²) in [7, 11) is 1.75. The minimum atomic E-state index is 0.222. The largest absolute Gasteiger partial charge is 0.496 e. The zero-order chi connectivity index (χ0) is 20.0. The van der Waals surface area contributed by atoms with Gasteiger partial charge in [-0.15, -0.1) is 0 Å². The van der Waals surface area contributed by atoms with Crippen LogP contribution in [0.4, 0.5) is 0 Å². The highest BCUT2D eigenvalue weighted by Gasteiger charge is 2.55. The molecule has 5 aliphatic carbocycles. The lowest BCUT2D eigenvalue weighted by molar-refractivity contribution is -0.142. The second kappa shape index (κ2) is 7.63. The number of carbonyl (C=O) groups excluding carboxylic acids is 1. The Hall–Kier alpha value is -1.51. The zero-order valence-electron chi connectivity index (χ0n) is 18.2. The van der Waals surface area contributed by atoms with E-state index in [-0.39, 0.29) is 12.0 Å². The predicted octanol–water partition coefficient (Wildman–Crippen LogP) is 5.30. The second-order valence-corrected chi connectivity index (χ2v) is 10.7. The van der Waals surface area contributed by atoms with Crippen molar-refractivity contribution in [2.75, 3.05) is 7.11 Å². The smallest absolute Gasteiger partial charge is 0.223 e. The van der Waals surface area contributed by atoms with Gasteiger partial charge in [0.1, 0.15) is 5.75 Å². The number of ether oxygens (including phenoxy) is 1. The Kier molecular flexibility index (Phi) is 5.12. The summed E-state index contributed by atoms with van der Waals surface area (Å²) < 4.78 is 5.60. The molecule has 3 heteroatoms. The van der Waals surface area contributed by atoms with E-state index in [4.69, 9.17) is 4.74 Å². The molecule has 2 atom stereocenters. The molecule has 1 N–H and O–H groups in total. The Balaban J connectivity index is 1.32. The minimum absolute atomic E-state index is 0.222. The number of methoxy groups -OCH3 is 1. The highest BCUT2D eigenvalue weighted by molar-refractivity contribution is 5.80. The van der Waals surface area contributed by atoms with E-state index < -0.39 is 0 Å². The van der Waals surface area contributed by atoms with Crippen LogP contribution in [0.3, 0.4) is 0 Å². The summed E-state index contributed by atoms with van der Waals surface area (Å²) >= 11 is 0. The fourth-order valence-electron chi connectivity index (χ4n) is 7.98. The van der Waals surface area contributed by atoms with Crippen LogP contribution in [0.25, 0.3) is 0 Å². The Morgan fingerprint density at radius 2 is 1.86 bits per heavy atom. The van der Waals surface area contributed by atoms with Crippen molar-refractivity contribution in [3.8, 4) is 5.75 Å². The minimum Gasteiger partial charge on any atom is -0.496 e. The number of fused-ring (bicyclic) bond motifs is 1. The molecule has 4 fully saturated rings. The summed E-state index contributed by atoms with van der Waals surface area (Å²) in [6.45, 7) is 2.25. The molecule has 4 bridgehead atoms. The van der Waals surface area contributed by atoms with E-state index in [1.54, 1.807) is 7.11 Å². The number of rotatable bonds is 6. The number of aryl methyl sites for hydroxylation is 1. The van der Waals surface area contributed by atoms with Crippen molar-refractivity contribution in [3.05, 3.63) is 29.3 Å². The zero-order valence-corrected chi connectivity index (χ0v) is 18.2. The molecule has 158 valence electrons. The Morgan fingerprint density at radius 1 is 1.17 bits per heavy atom. The number of carbonyl (C=O) groups is 1. The van der Waals surface area contributed by atoms with Gasteiger partial charge in [-0.25, -0.2) is 0 Å². The molecule has 1 aromatic rings. The fourth-order valence-corrected chi connectivity index (χ4v) is 7.98. The third-order valence-corrected chi connectivity index (χ3v) is 8.73. The van der Waals surface area contributed by atoms with E-state index in [0.29, 0.717) is 11.3 Å². The van der Waals surface area contributed by atoms with Gasteiger partial charge in [0.15, 0.2) is 0 Å². The van der Waals surface area contributed by atoms with E-state index >= 15 is 0 Å². The summed E-state index contributed by atoms with van der Waals surface area (Å²) in [5, 5.41) is 3.53. The average Bonchev–Trinajstić information content (AvgIpc) is 2.70. The SMILES string of the molecule is CCCC(C(=O)NC1CCc2cccc(OC)c2C1)C12CC3CC(CC(C3)C1)C2. The van der Waals surface area contributed by atoms with Gasteiger partial charge in [-0.3, -0.25) is 4.79 Å². The van der Waals surface area contributed by atoms with Gasteiger partial charge in [0.25, 0.3) is 0 Å². The van der Waals surface area contributed by atoms with Crippen molar-refractivity contribution in [1.82, 2.24) is 5.32 Å². The van der Waals surface area contributed by atoms with Crippen molar-refractivity contribution < 1.29 is 9.53 Å². The number of benzene rings is 1. The highest BCUT2D eigenvalue weighted by atomic mass is 16.5. The van der Waals surface area contributed by atoms with Crippen molar-refractivity contribution in [2.24, 2.45) is 29.1 Å². The third kappa shape index (κ3) is 3.49. The first-order chi connectivity index (χ1) is 14.1. The first-order valence-corrected chi connectivity index (χ1v) is 12.1. The molecule has 0 aliphatic heterocycles. The maximum Gasteiger partial charge on any atom is 0.223 e. The van der Waals surface area contributed by atoms with Gasteiger partial charge in [-0.2, -0.15) is 0 Å². The van der Waals surface area contributed by atoms with Crippen LogP contribution >= 0.6 is 0 Å². The van der Waals surface area contributed by atoms with Gasteiger partial charge in [0, 0.05) is 12.0 Å². The van der Waals surface area contributed by atoms with Crippen LogP contribution in [-0.4, -0.2) is 19.1 Å². The van der Waals surface area contributed by atoms with Crippen LogP contribution in [-0.2, 0) is 17.6 Å². The van der Waals surface area contributed by atoms with Crippen LogP contribution in [0, 0.1) is 29.1 Å². The summed E-state index contributed by atoms with van der Waals surface area (Å²) in [5.41, 5.74) is 2.99. The lowest BCUT2D eigenvalue weighted by Crippen LogP contribution is -2.54. The van der Waals surface area contributed by atoms with E-state index in [1.807, 2.05) is 0 Å². The number of hydrogen-bond donors (Lipinski definition) is 1. The lowest BCUT2D eigenvalue weighted by Gasteiger charge is -2.59. The molecule has 0 aromatic heterocycles. The van der Waals surface area contributed by atoms with E-state index in [9.17, 15) is 4.79 Å². The van der Waals surface area contributed by atoms with Crippen LogP contribution in [0.2, 0.25) is 0 Å². The third-order valence-electron chi connectivity index (χ3n) is 8.73. The van der Waals surface area contributed by atoms with Crippen molar-refractivity contribution in [3.63, 3.8) is 0 Å². The summed E-state index contributed by atoms with van der Waals surface area (Å²) in [6.07, 6.45) is 13.4. The molecule has 1 amide bonds. The summed E-state index contributed by atoms with van der Waals surface area (Å²) in [5.74, 6) is 4.27. The van der Waals surface area contributed by atoms with Crippen LogP contribution in [0.5, 0.6) is 5.75 Å². The fraction of sp³-hybridized carbons (Fsp3) is 0.731. The molecule has 0 saturated heterocycles. The first-order valence-electron chi connectivity index (χ1n) is 12.1. The molecule has 2 unspecified atom stereocenters. The summed E-state index contributed by atoms with van der Waals surface area (Å²) in [4.78, 5) is 13.6. The van der Waals surface area contributed by atoms with Gasteiger partial charge < -0.3 is 10.1 Å². The first kappa shape index (κ1) is 19.5. The molecule has 3 nitrogen and oxygen atoms in total. The molecule has 1 aromatic carbocycles. The Morgan fingerprint density at radius 3 is 2.48 bits per heavy atom. The Labute approximate surface area is 176 Å². The molecule has 29 heavy (non-hydrogen) atoms. The van der Waals surface area contributed by atoms with Gasteiger partial charge in [-0.05, 0) is 105 Å². The predicted molar refractivity (Wildman–Crippen MR) is 116 cm³/mol. The van der Waals surface area contributed by atoms with Crippen LogP contribution in [0.1, 0.15) is 75.8 Å². The van der Waals surface area contributed by atoms with Gasteiger partial charge in [0.2, 0.25) is 5.91 Å². The topological polar surface area (TPSA) is 38.3 Å². The van der Waals surface area contributed by atoms with Crippen molar-refractivity contribution in [1.29, 1.82) is 0 Å². The van der Waals surface area contributed by atoms with Gasteiger partial charge >= 0.3 is 0 Å². The molecule has 0 radical (unpaired) electrons.